The Bertz CT molecular complexity index is 797. The van der Waals surface area contributed by atoms with Crippen LogP contribution >= 0.6 is 11.6 Å². The number of hydrogen-bond donors (Lipinski definition) is 0. The minimum atomic E-state index is -4.34. The van der Waals surface area contributed by atoms with Crippen LogP contribution in [-0.2, 0) is 6.18 Å². The van der Waals surface area contributed by atoms with E-state index >= 15 is 0 Å². The van der Waals surface area contributed by atoms with Crippen LogP contribution in [0.25, 0.3) is 0 Å². The molecule has 3 rings (SSSR count). The highest BCUT2D eigenvalue weighted by molar-refractivity contribution is 6.33. The first kappa shape index (κ1) is 18.6. The van der Waals surface area contributed by atoms with Crippen LogP contribution in [0.4, 0.5) is 18.9 Å². The van der Waals surface area contributed by atoms with Crippen LogP contribution in [0.3, 0.4) is 0 Å². The lowest BCUT2D eigenvalue weighted by Crippen LogP contribution is -2.48. The third-order valence-corrected chi connectivity index (χ3v) is 4.81. The summed E-state index contributed by atoms with van der Waals surface area (Å²) in [7, 11) is 0. The van der Waals surface area contributed by atoms with Crippen LogP contribution in [0.5, 0.6) is 0 Å². The molecule has 1 saturated heterocycles. The van der Waals surface area contributed by atoms with E-state index < -0.39 is 11.7 Å². The van der Waals surface area contributed by atoms with E-state index in [9.17, 15) is 18.0 Å². The van der Waals surface area contributed by atoms with Crippen molar-refractivity contribution in [3.05, 3.63) is 64.2 Å². The van der Waals surface area contributed by atoms with Crippen molar-refractivity contribution in [2.24, 2.45) is 0 Å². The first-order valence-corrected chi connectivity index (χ1v) is 8.61. The van der Waals surface area contributed by atoms with Gasteiger partial charge in [-0.15, -0.1) is 0 Å². The first-order valence-electron chi connectivity index (χ1n) is 8.23. The molecule has 3 nitrogen and oxygen atoms in total. The Morgan fingerprint density at radius 3 is 2.19 bits per heavy atom. The fourth-order valence-corrected chi connectivity index (χ4v) is 3.20. The Morgan fingerprint density at radius 2 is 1.62 bits per heavy atom. The number of amides is 1. The van der Waals surface area contributed by atoms with Gasteiger partial charge in [0.05, 0.1) is 16.1 Å². The van der Waals surface area contributed by atoms with Gasteiger partial charge in [0.15, 0.2) is 0 Å². The number of anilines is 1. The predicted octanol–water partition coefficient (Wildman–Crippen LogP) is 4.63. The van der Waals surface area contributed by atoms with E-state index in [0.717, 1.165) is 23.4 Å². The van der Waals surface area contributed by atoms with Gasteiger partial charge in [-0.05, 0) is 43.3 Å². The quantitative estimate of drug-likeness (QED) is 0.756. The van der Waals surface area contributed by atoms with Crippen LogP contribution < -0.4 is 4.90 Å². The standard InChI is InChI=1S/C19H18ClF3N2O/c1-13-2-7-17(20)16(12-13)18(26)25-10-8-24(9-11-25)15-5-3-14(4-6-15)19(21,22)23/h2-7,12H,8-11H2,1H3. The number of nitrogens with zero attached hydrogens (tertiary/aromatic N) is 2. The van der Waals surface area contributed by atoms with Crippen LogP contribution in [0.15, 0.2) is 42.5 Å². The Labute approximate surface area is 155 Å². The molecule has 0 N–H and O–H groups in total. The molecule has 0 aliphatic carbocycles. The summed E-state index contributed by atoms with van der Waals surface area (Å²) in [5, 5.41) is 0.422. The minimum Gasteiger partial charge on any atom is -0.368 e. The number of benzene rings is 2. The number of aryl methyl sites for hydroxylation is 1. The van der Waals surface area contributed by atoms with Crippen molar-refractivity contribution in [3.8, 4) is 0 Å². The molecular weight excluding hydrogens is 365 g/mol. The van der Waals surface area contributed by atoms with Gasteiger partial charge in [0, 0.05) is 31.9 Å². The summed E-state index contributed by atoms with van der Waals surface area (Å²) in [6.07, 6.45) is -4.34. The predicted molar refractivity (Wildman–Crippen MR) is 95.7 cm³/mol. The molecular formula is C19H18ClF3N2O. The second kappa shape index (κ2) is 7.19. The average molecular weight is 383 g/mol. The molecule has 2 aromatic carbocycles. The molecule has 0 bridgehead atoms. The first-order chi connectivity index (χ1) is 12.3. The van der Waals surface area contributed by atoms with Crippen LogP contribution in [-0.4, -0.2) is 37.0 Å². The van der Waals surface area contributed by atoms with Gasteiger partial charge in [0.1, 0.15) is 0 Å². The normalized spacial score (nSPS) is 15.3. The van der Waals surface area contributed by atoms with Crippen LogP contribution in [0.1, 0.15) is 21.5 Å². The van der Waals surface area contributed by atoms with E-state index in [0.29, 0.717) is 36.8 Å². The summed E-state index contributed by atoms with van der Waals surface area (Å²) in [5.41, 5.74) is 1.50. The minimum absolute atomic E-state index is 0.120. The van der Waals surface area contributed by atoms with E-state index in [4.69, 9.17) is 11.6 Å². The molecule has 0 unspecified atom stereocenters. The summed E-state index contributed by atoms with van der Waals surface area (Å²) >= 11 is 6.14. The van der Waals surface area contributed by atoms with Crippen molar-refractivity contribution in [1.82, 2.24) is 4.90 Å². The largest absolute Gasteiger partial charge is 0.416 e. The lowest BCUT2D eigenvalue weighted by molar-refractivity contribution is -0.137. The van der Waals surface area contributed by atoms with Gasteiger partial charge < -0.3 is 9.80 Å². The lowest BCUT2D eigenvalue weighted by Gasteiger charge is -2.36. The molecule has 1 amide bonds. The fourth-order valence-electron chi connectivity index (χ4n) is 3.00. The third kappa shape index (κ3) is 3.96. The smallest absolute Gasteiger partial charge is 0.368 e. The highest BCUT2D eigenvalue weighted by Gasteiger charge is 2.30. The Balaban J connectivity index is 1.65. The van der Waals surface area contributed by atoms with E-state index in [1.165, 1.54) is 12.1 Å². The summed E-state index contributed by atoms with van der Waals surface area (Å²) in [5.74, 6) is -0.120. The van der Waals surface area contributed by atoms with Crippen molar-refractivity contribution in [2.75, 3.05) is 31.1 Å². The van der Waals surface area contributed by atoms with Crippen LogP contribution in [0, 0.1) is 6.92 Å². The van der Waals surface area contributed by atoms with Gasteiger partial charge in [-0.2, -0.15) is 13.2 Å². The maximum Gasteiger partial charge on any atom is 0.416 e. The molecule has 0 saturated carbocycles. The van der Waals surface area contributed by atoms with Gasteiger partial charge in [0.25, 0.3) is 5.91 Å². The summed E-state index contributed by atoms with van der Waals surface area (Å²) in [6, 6.07) is 10.4. The molecule has 138 valence electrons. The second-order valence-corrected chi connectivity index (χ2v) is 6.71. The zero-order valence-electron chi connectivity index (χ0n) is 14.2. The number of carbonyl (C=O) groups excluding carboxylic acids is 1. The summed E-state index contributed by atoms with van der Waals surface area (Å²) < 4.78 is 38.0. The third-order valence-electron chi connectivity index (χ3n) is 4.48. The van der Waals surface area contributed by atoms with Crippen molar-refractivity contribution in [1.29, 1.82) is 0 Å². The highest BCUT2D eigenvalue weighted by atomic mass is 35.5. The highest BCUT2D eigenvalue weighted by Crippen LogP contribution is 2.30. The van der Waals surface area contributed by atoms with E-state index in [-0.39, 0.29) is 5.91 Å². The summed E-state index contributed by atoms with van der Waals surface area (Å²) in [4.78, 5) is 16.4. The van der Waals surface area contributed by atoms with Crippen molar-refractivity contribution in [2.45, 2.75) is 13.1 Å². The molecule has 1 aliphatic rings. The molecule has 0 aromatic heterocycles. The molecule has 1 aliphatic heterocycles. The number of carbonyl (C=O) groups is 1. The number of halogens is 4. The SMILES string of the molecule is Cc1ccc(Cl)c(C(=O)N2CCN(c3ccc(C(F)(F)F)cc3)CC2)c1. The Kier molecular flexibility index (Phi) is 5.14. The number of rotatable bonds is 2. The van der Waals surface area contributed by atoms with Gasteiger partial charge in [0.2, 0.25) is 0 Å². The van der Waals surface area contributed by atoms with Gasteiger partial charge in [-0.1, -0.05) is 23.2 Å². The van der Waals surface area contributed by atoms with E-state index in [1.54, 1.807) is 17.0 Å². The van der Waals surface area contributed by atoms with Gasteiger partial charge in [-0.25, -0.2) is 0 Å². The molecule has 0 radical (unpaired) electrons. The van der Waals surface area contributed by atoms with Crippen molar-refractivity contribution >= 4 is 23.2 Å². The Morgan fingerprint density at radius 1 is 1.00 bits per heavy atom. The summed E-state index contributed by atoms with van der Waals surface area (Å²) in [6.45, 7) is 3.99. The van der Waals surface area contributed by atoms with Gasteiger partial charge >= 0.3 is 6.18 Å². The number of piperazine rings is 1. The van der Waals surface area contributed by atoms with Gasteiger partial charge in [-0.3, -0.25) is 4.79 Å². The van der Waals surface area contributed by atoms with Crippen molar-refractivity contribution < 1.29 is 18.0 Å². The topological polar surface area (TPSA) is 23.6 Å². The molecule has 7 heteroatoms. The maximum absolute atomic E-state index is 12.7. The van der Waals surface area contributed by atoms with E-state index in [2.05, 4.69) is 0 Å². The molecule has 1 heterocycles. The molecule has 26 heavy (non-hydrogen) atoms. The number of hydrogen-bond acceptors (Lipinski definition) is 2. The number of alkyl halides is 3. The average Bonchev–Trinajstić information content (AvgIpc) is 2.63. The molecule has 1 fully saturated rings. The zero-order valence-corrected chi connectivity index (χ0v) is 14.9. The fraction of sp³-hybridized carbons (Fsp3) is 0.316. The van der Waals surface area contributed by atoms with Crippen molar-refractivity contribution in [3.63, 3.8) is 0 Å². The zero-order chi connectivity index (χ0) is 18.9. The molecule has 2 aromatic rings. The Hall–Kier alpha value is -2.21. The van der Waals surface area contributed by atoms with E-state index in [1.807, 2.05) is 17.9 Å². The molecule has 0 spiro atoms. The maximum atomic E-state index is 12.7. The van der Waals surface area contributed by atoms with Crippen LogP contribution in [0.2, 0.25) is 5.02 Å². The monoisotopic (exact) mass is 382 g/mol. The lowest BCUT2D eigenvalue weighted by atomic mass is 10.1. The second-order valence-electron chi connectivity index (χ2n) is 6.31. The molecule has 0 atom stereocenters.